The normalized spacial score (nSPS) is 17.5. The maximum atomic E-state index is 12.3. The summed E-state index contributed by atoms with van der Waals surface area (Å²) in [5.74, 6) is -0.156. The third-order valence-corrected chi connectivity index (χ3v) is 4.52. The highest BCUT2D eigenvalue weighted by Gasteiger charge is 2.28. The van der Waals surface area contributed by atoms with Crippen molar-refractivity contribution in [3.05, 3.63) is 22.4 Å². The lowest BCUT2D eigenvalue weighted by molar-refractivity contribution is -0.134. The predicted molar refractivity (Wildman–Crippen MR) is 80.9 cm³/mol. The average Bonchev–Trinajstić information content (AvgIpc) is 3.01. The molecule has 3 N–H and O–H groups in total. The van der Waals surface area contributed by atoms with Gasteiger partial charge in [-0.05, 0) is 24.3 Å². The van der Waals surface area contributed by atoms with Crippen molar-refractivity contribution in [2.75, 3.05) is 26.8 Å². The average molecular weight is 311 g/mol. The summed E-state index contributed by atoms with van der Waals surface area (Å²) in [6, 6.07) is 3.30. The Morgan fingerprint density at radius 1 is 1.52 bits per heavy atom. The van der Waals surface area contributed by atoms with Gasteiger partial charge in [0.25, 0.3) is 0 Å². The lowest BCUT2D eigenvalue weighted by atomic mass is 10.0. The van der Waals surface area contributed by atoms with Crippen molar-refractivity contribution in [1.29, 1.82) is 0 Å². The van der Waals surface area contributed by atoms with Crippen LogP contribution in [-0.2, 0) is 14.3 Å². The minimum absolute atomic E-state index is 0.0425. The van der Waals surface area contributed by atoms with Crippen LogP contribution in [0.3, 0.4) is 0 Å². The van der Waals surface area contributed by atoms with Crippen molar-refractivity contribution in [1.82, 2.24) is 10.2 Å². The van der Waals surface area contributed by atoms with Crippen LogP contribution < -0.4 is 11.1 Å². The Morgan fingerprint density at radius 2 is 2.24 bits per heavy atom. The standard InChI is InChI=1S/C14H21N3O3S/c1-20-9-12(18)16-10-4-6-17(7-5-10)14(19)13(15)11-3-2-8-21-11/h2-3,8,10,13H,4-7,9,15H2,1H3,(H,16,18). The first-order chi connectivity index (χ1) is 10.1. The number of amides is 2. The summed E-state index contributed by atoms with van der Waals surface area (Å²) in [5, 5.41) is 4.82. The molecule has 0 bridgehead atoms. The maximum absolute atomic E-state index is 12.3. The largest absolute Gasteiger partial charge is 0.375 e. The van der Waals surface area contributed by atoms with E-state index in [0.29, 0.717) is 13.1 Å². The van der Waals surface area contributed by atoms with Crippen LogP contribution in [0.15, 0.2) is 17.5 Å². The number of nitrogens with one attached hydrogen (secondary N) is 1. The van der Waals surface area contributed by atoms with Crippen LogP contribution in [0.4, 0.5) is 0 Å². The molecule has 0 spiro atoms. The Balaban J connectivity index is 1.81. The van der Waals surface area contributed by atoms with Crippen LogP contribution in [0.2, 0.25) is 0 Å². The summed E-state index contributed by atoms with van der Waals surface area (Å²) in [7, 11) is 1.49. The smallest absolute Gasteiger partial charge is 0.246 e. The highest BCUT2D eigenvalue weighted by molar-refractivity contribution is 7.10. The second kappa shape index (κ2) is 7.53. The van der Waals surface area contributed by atoms with Crippen molar-refractivity contribution >= 4 is 23.2 Å². The molecule has 1 aromatic heterocycles. The second-order valence-corrected chi connectivity index (χ2v) is 6.07. The molecular weight excluding hydrogens is 290 g/mol. The van der Waals surface area contributed by atoms with E-state index in [-0.39, 0.29) is 24.5 Å². The number of rotatable bonds is 5. The van der Waals surface area contributed by atoms with Gasteiger partial charge in [-0.25, -0.2) is 0 Å². The van der Waals surface area contributed by atoms with E-state index in [2.05, 4.69) is 5.32 Å². The summed E-state index contributed by atoms with van der Waals surface area (Å²) in [5.41, 5.74) is 6.00. The Hall–Kier alpha value is -1.44. The molecule has 0 saturated carbocycles. The molecule has 1 saturated heterocycles. The molecule has 1 aliphatic heterocycles. The molecule has 2 rings (SSSR count). The van der Waals surface area contributed by atoms with Gasteiger partial charge in [0.2, 0.25) is 11.8 Å². The number of methoxy groups -OCH3 is 1. The summed E-state index contributed by atoms with van der Waals surface area (Å²) in [6.45, 7) is 1.31. The molecular formula is C14H21N3O3S. The van der Waals surface area contributed by atoms with E-state index >= 15 is 0 Å². The molecule has 0 radical (unpaired) electrons. The zero-order valence-corrected chi connectivity index (χ0v) is 12.9. The highest BCUT2D eigenvalue weighted by atomic mass is 32.1. The van der Waals surface area contributed by atoms with Gasteiger partial charge in [-0.2, -0.15) is 0 Å². The molecule has 116 valence electrons. The molecule has 2 amide bonds. The number of carbonyl (C=O) groups excluding carboxylic acids is 2. The zero-order valence-electron chi connectivity index (χ0n) is 12.1. The minimum atomic E-state index is -0.579. The number of nitrogens with zero attached hydrogens (tertiary/aromatic N) is 1. The fraction of sp³-hybridized carbons (Fsp3) is 0.571. The molecule has 1 fully saturated rings. The van der Waals surface area contributed by atoms with E-state index in [1.165, 1.54) is 18.4 Å². The first-order valence-corrected chi connectivity index (χ1v) is 7.86. The van der Waals surface area contributed by atoms with Crippen LogP contribution in [0.5, 0.6) is 0 Å². The number of hydrogen-bond acceptors (Lipinski definition) is 5. The summed E-state index contributed by atoms with van der Waals surface area (Å²) in [6.07, 6.45) is 1.50. The zero-order chi connectivity index (χ0) is 15.2. The van der Waals surface area contributed by atoms with Gasteiger partial charge in [0.1, 0.15) is 12.6 Å². The number of carbonyl (C=O) groups is 2. The topological polar surface area (TPSA) is 84.7 Å². The molecule has 0 aliphatic carbocycles. The van der Waals surface area contributed by atoms with Gasteiger partial charge in [0, 0.05) is 31.1 Å². The quantitative estimate of drug-likeness (QED) is 0.829. The second-order valence-electron chi connectivity index (χ2n) is 5.09. The van der Waals surface area contributed by atoms with Crippen molar-refractivity contribution < 1.29 is 14.3 Å². The van der Waals surface area contributed by atoms with Gasteiger partial charge < -0.3 is 20.7 Å². The van der Waals surface area contributed by atoms with Gasteiger partial charge >= 0.3 is 0 Å². The lowest BCUT2D eigenvalue weighted by Gasteiger charge is -2.33. The highest BCUT2D eigenvalue weighted by Crippen LogP contribution is 2.21. The van der Waals surface area contributed by atoms with Crippen LogP contribution in [-0.4, -0.2) is 49.6 Å². The van der Waals surface area contributed by atoms with Gasteiger partial charge in [-0.15, -0.1) is 11.3 Å². The summed E-state index contributed by atoms with van der Waals surface area (Å²) in [4.78, 5) is 26.4. The van der Waals surface area contributed by atoms with Crippen LogP contribution >= 0.6 is 11.3 Å². The molecule has 1 atom stereocenters. The van der Waals surface area contributed by atoms with Crippen LogP contribution in [0.1, 0.15) is 23.8 Å². The van der Waals surface area contributed by atoms with E-state index in [1.54, 1.807) is 4.90 Å². The number of piperidine rings is 1. The van der Waals surface area contributed by atoms with Gasteiger partial charge in [0.05, 0.1) is 0 Å². The molecule has 7 heteroatoms. The number of hydrogen-bond donors (Lipinski definition) is 2. The lowest BCUT2D eigenvalue weighted by Crippen LogP contribution is -2.49. The first-order valence-electron chi connectivity index (χ1n) is 6.98. The van der Waals surface area contributed by atoms with Crippen molar-refractivity contribution in [3.63, 3.8) is 0 Å². The Labute approximate surface area is 128 Å². The summed E-state index contributed by atoms with van der Waals surface area (Å²) >= 11 is 1.49. The molecule has 1 aliphatic rings. The third-order valence-electron chi connectivity index (χ3n) is 3.56. The van der Waals surface area contributed by atoms with Crippen molar-refractivity contribution in [2.24, 2.45) is 5.73 Å². The Bertz CT molecular complexity index is 470. The molecule has 1 unspecified atom stereocenters. The molecule has 1 aromatic rings. The first kappa shape index (κ1) is 15.9. The van der Waals surface area contributed by atoms with E-state index in [9.17, 15) is 9.59 Å². The number of nitrogens with two attached hydrogens (primary N) is 1. The Morgan fingerprint density at radius 3 is 2.81 bits per heavy atom. The number of thiophene rings is 1. The van der Waals surface area contributed by atoms with Crippen LogP contribution in [0.25, 0.3) is 0 Å². The van der Waals surface area contributed by atoms with E-state index < -0.39 is 6.04 Å². The fourth-order valence-electron chi connectivity index (χ4n) is 2.43. The van der Waals surface area contributed by atoms with Crippen LogP contribution in [0, 0.1) is 0 Å². The Kier molecular flexibility index (Phi) is 5.72. The number of ether oxygens (including phenoxy) is 1. The van der Waals surface area contributed by atoms with Crippen molar-refractivity contribution in [3.8, 4) is 0 Å². The van der Waals surface area contributed by atoms with E-state index in [0.717, 1.165) is 17.7 Å². The van der Waals surface area contributed by atoms with Gasteiger partial charge in [-0.3, -0.25) is 9.59 Å². The van der Waals surface area contributed by atoms with E-state index in [1.807, 2.05) is 17.5 Å². The minimum Gasteiger partial charge on any atom is -0.375 e. The number of likely N-dealkylation sites (tertiary alicyclic amines) is 1. The molecule has 2 heterocycles. The van der Waals surface area contributed by atoms with Gasteiger partial charge in [0.15, 0.2) is 0 Å². The molecule has 6 nitrogen and oxygen atoms in total. The monoisotopic (exact) mass is 311 g/mol. The molecule has 0 aromatic carbocycles. The molecule has 21 heavy (non-hydrogen) atoms. The third kappa shape index (κ3) is 4.26. The maximum Gasteiger partial charge on any atom is 0.246 e. The summed E-state index contributed by atoms with van der Waals surface area (Å²) < 4.78 is 4.79. The van der Waals surface area contributed by atoms with Gasteiger partial charge in [-0.1, -0.05) is 6.07 Å². The van der Waals surface area contributed by atoms with Crippen molar-refractivity contribution in [2.45, 2.75) is 24.9 Å². The fourth-order valence-corrected chi connectivity index (χ4v) is 3.15. The SMILES string of the molecule is COCC(=O)NC1CCN(C(=O)C(N)c2cccs2)CC1. The van der Waals surface area contributed by atoms with E-state index in [4.69, 9.17) is 10.5 Å². The predicted octanol–water partition coefficient (Wildman–Crippen LogP) is 0.502.